The molecule has 2 rings (SSSR count). The fourth-order valence-electron chi connectivity index (χ4n) is 1.94. The second-order valence-electron chi connectivity index (χ2n) is 4.89. The molecule has 3 heteroatoms. The van der Waals surface area contributed by atoms with Crippen molar-refractivity contribution >= 4 is 23.2 Å². The molecular weight excluding hydrogens is 270 g/mol. The van der Waals surface area contributed by atoms with Crippen LogP contribution in [0.5, 0.6) is 0 Å². The third-order valence-electron chi connectivity index (χ3n) is 3.46. The molecule has 0 heterocycles. The molecule has 2 nitrogen and oxygen atoms in total. The number of halogens is 1. The third-order valence-corrected chi connectivity index (χ3v) is 3.71. The molecule has 0 unspecified atom stereocenters. The lowest BCUT2D eigenvalue weighted by atomic mass is 9.98. The number of anilines is 1. The molecule has 0 bridgehead atoms. The Labute approximate surface area is 124 Å². The minimum atomic E-state index is -0.127. The molecule has 1 N–H and O–H groups in total. The van der Waals surface area contributed by atoms with Gasteiger partial charge in [-0.3, -0.25) is 4.79 Å². The number of amides is 1. The molecule has 0 aliphatic carbocycles. The van der Waals surface area contributed by atoms with Crippen molar-refractivity contribution in [1.82, 2.24) is 0 Å². The number of carbonyl (C=O) groups excluding carboxylic acids is 1. The number of benzene rings is 2. The van der Waals surface area contributed by atoms with Crippen molar-refractivity contribution in [2.75, 3.05) is 5.32 Å². The maximum absolute atomic E-state index is 12.0. The zero-order valence-corrected chi connectivity index (χ0v) is 12.4. The predicted molar refractivity (Wildman–Crippen MR) is 84.6 cm³/mol. The average molecular weight is 288 g/mol. The maximum atomic E-state index is 12.0. The van der Waals surface area contributed by atoms with Gasteiger partial charge in [0, 0.05) is 16.3 Å². The quantitative estimate of drug-likeness (QED) is 0.832. The lowest BCUT2D eigenvalue weighted by Gasteiger charge is -2.10. The highest BCUT2D eigenvalue weighted by molar-refractivity contribution is 6.30. The van der Waals surface area contributed by atoms with E-state index in [9.17, 15) is 4.79 Å². The summed E-state index contributed by atoms with van der Waals surface area (Å²) in [4.78, 5) is 12.0. The van der Waals surface area contributed by atoms with Gasteiger partial charge in [0.1, 0.15) is 0 Å². The molecule has 2 aromatic rings. The van der Waals surface area contributed by atoms with Gasteiger partial charge < -0.3 is 5.32 Å². The number of nitrogens with one attached hydrogen (secondary N) is 1. The summed E-state index contributed by atoms with van der Waals surface area (Å²) in [6.07, 6.45) is 1.11. The van der Waals surface area contributed by atoms with Gasteiger partial charge in [-0.05, 0) is 54.3 Å². The van der Waals surface area contributed by atoms with Gasteiger partial charge in [-0.2, -0.15) is 0 Å². The van der Waals surface area contributed by atoms with Crippen LogP contribution in [0.1, 0.15) is 42.1 Å². The number of carbonyl (C=O) groups is 1. The van der Waals surface area contributed by atoms with E-state index >= 15 is 0 Å². The van der Waals surface area contributed by atoms with Gasteiger partial charge in [0.2, 0.25) is 0 Å². The van der Waals surface area contributed by atoms with E-state index in [4.69, 9.17) is 11.6 Å². The molecule has 104 valence electrons. The molecular formula is C17H18ClNO. The molecule has 1 amide bonds. The minimum Gasteiger partial charge on any atom is -0.322 e. The summed E-state index contributed by atoms with van der Waals surface area (Å²) in [6, 6.07) is 14.9. The number of rotatable bonds is 4. The summed E-state index contributed by atoms with van der Waals surface area (Å²) in [5, 5.41) is 3.50. The van der Waals surface area contributed by atoms with Gasteiger partial charge in [-0.1, -0.05) is 37.6 Å². The highest BCUT2D eigenvalue weighted by Gasteiger charge is 2.07. The monoisotopic (exact) mass is 287 g/mol. The Morgan fingerprint density at radius 2 is 1.70 bits per heavy atom. The highest BCUT2D eigenvalue weighted by Crippen LogP contribution is 2.21. The van der Waals surface area contributed by atoms with E-state index in [1.807, 2.05) is 12.1 Å². The molecule has 0 spiro atoms. The minimum absolute atomic E-state index is 0.127. The van der Waals surface area contributed by atoms with Crippen molar-refractivity contribution < 1.29 is 4.79 Å². The van der Waals surface area contributed by atoms with E-state index in [-0.39, 0.29) is 5.91 Å². The van der Waals surface area contributed by atoms with Crippen LogP contribution in [-0.4, -0.2) is 5.91 Å². The summed E-state index contributed by atoms with van der Waals surface area (Å²) in [5.74, 6) is 0.411. The van der Waals surface area contributed by atoms with Gasteiger partial charge in [-0.25, -0.2) is 0 Å². The van der Waals surface area contributed by atoms with Crippen LogP contribution < -0.4 is 5.32 Å². The van der Waals surface area contributed by atoms with Gasteiger partial charge in [-0.15, -0.1) is 0 Å². The molecule has 0 saturated carbocycles. The van der Waals surface area contributed by atoms with Gasteiger partial charge in [0.05, 0.1) is 0 Å². The van der Waals surface area contributed by atoms with E-state index in [2.05, 4.69) is 31.3 Å². The number of hydrogen-bond acceptors (Lipinski definition) is 1. The van der Waals surface area contributed by atoms with Crippen LogP contribution in [0.4, 0.5) is 5.69 Å². The van der Waals surface area contributed by atoms with Crippen LogP contribution >= 0.6 is 11.6 Å². The Balaban J connectivity index is 2.06. The Morgan fingerprint density at radius 1 is 1.10 bits per heavy atom. The van der Waals surface area contributed by atoms with Crippen molar-refractivity contribution in [3.8, 4) is 0 Å². The summed E-state index contributed by atoms with van der Waals surface area (Å²) in [7, 11) is 0. The van der Waals surface area contributed by atoms with Crippen molar-refractivity contribution in [2.24, 2.45) is 0 Å². The molecule has 20 heavy (non-hydrogen) atoms. The lowest BCUT2D eigenvalue weighted by Crippen LogP contribution is -2.11. The SMILES string of the molecule is CC[C@@H](C)c1ccc(NC(=O)c2ccc(Cl)cc2)cc1. The van der Waals surface area contributed by atoms with Crippen LogP contribution in [-0.2, 0) is 0 Å². The smallest absolute Gasteiger partial charge is 0.255 e. The van der Waals surface area contributed by atoms with Crippen LogP contribution in [0.3, 0.4) is 0 Å². The van der Waals surface area contributed by atoms with E-state index in [0.717, 1.165) is 12.1 Å². The van der Waals surface area contributed by atoms with E-state index in [1.165, 1.54) is 5.56 Å². The Hall–Kier alpha value is -1.80. The van der Waals surface area contributed by atoms with Crippen LogP contribution in [0.15, 0.2) is 48.5 Å². The average Bonchev–Trinajstić information content (AvgIpc) is 2.48. The Bertz CT molecular complexity index is 575. The molecule has 0 aliphatic rings. The van der Waals surface area contributed by atoms with Crippen LogP contribution in [0.25, 0.3) is 0 Å². The first-order valence-corrected chi connectivity index (χ1v) is 7.15. The molecule has 0 saturated heterocycles. The molecule has 0 aromatic heterocycles. The summed E-state index contributed by atoms with van der Waals surface area (Å²) >= 11 is 5.81. The zero-order chi connectivity index (χ0) is 14.5. The Morgan fingerprint density at radius 3 is 2.25 bits per heavy atom. The topological polar surface area (TPSA) is 29.1 Å². The Kier molecular flexibility index (Phi) is 4.80. The van der Waals surface area contributed by atoms with Crippen LogP contribution in [0.2, 0.25) is 5.02 Å². The normalized spacial score (nSPS) is 11.9. The summed E-state index contributed by atoms with van der Waals surface area (Å²) in [5.41, 5.74) is 2.69. The largest absolute Gasteiger partial charge is 0.322 e. The van der Waals surface area contributed by atoms with Gasteiger partial charge in [0.15, 0.2) is 0 Å². The fraction of sp³-hybridized carbons (Fsp3) is 0.235. The highest BCUT2D eigenvalue weighted by atomic mass is 35.5. The first kappa shape index (κ1) is 14.6. The van der Waals surface area contributed by atoms with Crippen molar-refractivity contribution in [3.05, 3.63) is 64.7 Å². The molecule has 2 aromatic carbocycles. The van der Waals surface area contributed by atoms with Crippen molar-refractivity contribution in [1.29, 1.82) is 0 Å². The van der Waals surface area contributed by atoms with Crippen LogP contribution in [0, 0.1) is 0 Å². The van der Waals surface area contributed by atoms with E-state index in [0.29, 0.717) is 16.5 Å². The van der Waals surface area contributed by atoms with Gasteiger partial charge >= 0.3 is 0 Å². The fourth-order valence-corrected chi connectivity index (χ4v) is 2.06. The second-order valence-corrected chi connectivity index (χ2v) is 5.33. The maximum Gasteiger partial charge on any atom is 0.255 e. The van der Waals surface area contributed by atoms with E-state index < -0.39 is 0 Å². The molecule has 0 radical (unpaired) electrons. The van der Waals surface area contributed by atoms with Crippen molar-refractivity contribution in [2.45, 2.75) is 26.2 Å². The first-order chi connectivity index (χ1) is 9.60. The standard InChI is InChI=1S/C17H18ClNO/c1-3-12(2)13-6-10-16(11-7-13)19-17(20)14-4-8-15(18)9-5-14/h4-12H,3H2,1-2H3,(H,19,20)/t12-/m1/s1. The molecule has 1 atom stereocenters. The first-order valence-electron chi connectivity index (χ1n) is 6.77. The summed E-state index contributed by atoms with van der Waals surface area (Å²) < 4.78 is 0. The zero-order valence-electron chi connectivity index (χ0n) is 11.7. The molecule has 0 aliphatic heterocycles. The second kappa shape index (κ2) is 6.58. The predicted octanol–water partition coefficient (Wildman–Crippen LogP) is 5.11. The van der Waals surface area contributed by atoms with Gasteiger partial charge in [0.25, 0.3) is 5.91 Å². The lowest BCUT2D eigenvalue weighted by molar-refractivity contribution is 0.102. The molecule has 0 fully saturated rings. The van der Waals surface area contributed by atoms with Crippen molar-refractivity contribution in [3.63, 3.8) is 0 Å². The number of hydrogen-bond donors (Lipinski definition) is 1. The summed E-state index contributed by atoms with van der Waals surface area (Å²) in [6.45, 7) is 4.36. The van der Waals surface area contributed by atoms with E-state index in [1.54, 1.807) is 24.3 Å². The third kappa shape index (κ3) is 3.61.